The minimum Gasteiger partial charge on any atom is -0.493 e. The van der Waals surface area contributed by atoms with Crippen molar-refractivity contribution in [2.24, 2.45) is 0 Å². The highest BCUT2D eigenvalue weighted by atomic mass is 16.6. The number of carbonyl (C=O) groups is 2. The van der Waals surface area contributed by atoms with Gasteiger partial charge in [0, 0.05) is 6.92 Å². The lowest BCUT2D eigenvalue weighted by molar-refractivity contribution is -0.134. The van der Waals surface area contributed by atoms with E-state index in [0.29, 0.717) is 17.2 Å². The summed E-state index contributed by atoms with van der Waals surface area (Å²) in [7, 11) is 1.56. The number of rotatable bonds is 6. The van der Waals surface area contributed by atoms with E-state index < -0.39 is 0 Å². The molecule has 0 bridgehead atoms. The van der Waals surface area contributed by atoms with Gasteiger partial charge in [0.25, 0.3) is 0 Å². The smallest absolute Gasteiger partial charge is 0.315 e. The zero-order valence-corrected chi connectivity index (χ0v) is 17.9. The first-order chi connectivity index (χ1) is 15.0. The maximum atomic E-state index is 12.0. The predicted octanol–water partition coefficient (Wildman–Crippen LogP) is 5.49. The number of allylic oxidation sites excluding steroid dienone is 1. The van der Waals surface area contributed by atoms with Gasteiger partial charge in [-0.1, -0.05) is 66.7 Å². The third-order valence-corrected chi connectivity index (χ3v) is 3.97. The van der Waals surface area contributed by atoms with E-state index in [0.717, 1.165) is 11.1 Å². The average molecular weight is 418 g/mol. The van der Waals surface area contributed by atoms with Gasteiger partial charge in [-0.05, 0) is 42.3 Å². The van der Waals surface area contributed by atoms with Crippen LogP contribution in [0.25, 0.3) is 6.08 Å². The van der Waals surface area contributed by atoms with Crippen LogP contribution in [0.2, 0.25) is 0 Å². The molecule has 0 fully saturated rings. The van der Waals surface area contributed by atoms with Crippen LogP contribution in [0.4, 0.5) is 0 Å². The SMILES string of the molecule is C/C=C/c1ccc(OC(=O)Cc2ccccc2)c(OC)c1.CC(=O)Oc1ccccc1. The van der Waals surface area contributed by atoms with E-state index in [1.807, 2.05) is 79.7 Å². The fraction of sp³-hybridized carbons (Fsp3) is 0.154. The van der Waals surface area contributed by atoms with E-state index in [9.17, 15) is 9.59 Å². The molecule has 0 aliphatic carbocycles. The Morgan fingerprint density at radius 1 is 0.839 bits per heavy atom. The van der Waals surface area contributed by atoms with Gasteiger partial charge in [0.2, 0.25) is 0 Å². The lowest BCUT2D eigenvalue weighted by atomic mass is 10.1. The quantitative estimate of drug-likeness (QED) is 0.391. The summed E-state index contributed by atoms with van der Waals surface area (Å²) in [5.41, 5.74) is 1.92. The van der Waals surface area contributed by atoms with E-state index in [2.05, 4.69) is 0 Å². The Morgan fingerprint density at radius 2 is 1.48 bits per heavy atom. The van der Waals surface area contributed by atoms with Crippen LogP contribution in [0.15, 0.2) is 84.9 Å². The van der Waals surface area contributed by atoms with E-state index >= 15 is 0 Å². The molecule has 0 spiro atoms. The van der Waals surface area contributed by atoms with Crippen LogP contribution in [-0.2, 0) is 16.0 Å². The second-order valence-corrected chi connectivity index (χ2v) is 6.45. The molecule has 0 aliphatic heterocycles. The summed E-state index contributed by atoms with van der Waals surface area (Å²) in [6.07, 6.45) is 4.13. The van der Waals surface area contributed by atoms with Gasteiger partial charge in [-0.2, -0.15) is 0 Å². The van der Waals surface area contributed by atoms with E-state index in [-0.39, 0.29) is 18.4 Å². The van der Waals surface area contributed by atoms with Gasteiger partial charge in [-0.15, -0.1) is 0 Å². The van der Waals surface area contributed by atoms with Crippen LogP contribution in [0.1, 0.15) is 25.0 Å². The van der Waals surface area contributed by atoms with Gasteiger partial charge in [0.05, 0.1) is 13.5 Å². The minimum atomic E-state index is -0.307. The van der Waals surface area contributed by atoms with Gasteiger partial charge in [-0.3, -0.25) is 9.59 Å². The third kappa shape index (κ3) is 8.58. The molecular formula is C26H26O5. The first-order valence-electron chi connectivity index (χ1n) is 9.80. The second kappa shape index (κ2) is 12.6. The summed E-state index contributed by atoms with van der Waals surface area (Å²) in [6.45, 7) is 3.33. The molecule has 0 aromatic heterocycles. The summed E-state index contributed by atoms with van der Waals surface area (Å²) in [5.74, 6) is 0.984. The van der Waals surface area contributed by atoms with Gasteiger partial charge in [0.1, 0.15) is 5.75 Å². The second-order valence-electron chi connectivity index (χ2n) is 6.45. The number of hydrogen-bond donors (Lipinski definition) is 0. The molecule has 0 aliphatic rings. The maximum Gasteiger partial charge on any atom is 0.315 e. The first kappa shape index (κ1) is 23.4. The molecule has 0 radical (unpaired) electrons. The molecule has 0 amide bonds. The number of carbonyl (C=O) groups excluding carboxylic acids is 2. The Bertz CT molecular complexity index is 995. The monoisotopic (exact) mass is 418 g/mol. The number of para-hydroxylation sites is 1. The summed E-state index contributed by atoms with van der Waals surface area (Å²) >= 11 is 0. The van der Waals surface area contributed by atoms with Crippen LogP contribution in [0.5, 0.6) is 17.2 Å². The van der Waals surface area contributed by atoms with Crippen molar-refractivity contribution in [2.45, 2.75) is 20.3 Å². The van der Waals surface area contributed by atoms with Crippen molar-refractivity contribution in [1.29, 1.82) is 0 Å². The van der Waals surface area contributed by atoms with Gasteiger partial charge >= 0.3 is 11.9 Å². The molecular weight excluding hydrogens is 392 g/mol. The number of methoxy groups -OCH3 is 1. The van der Waals surface area contributed by atoms with Crippen LogP contribution >= 0.6 is 0 Å². The molecule has 0 heterocycles. The predicted molar refractivity (Wildman–Crippen MR) is 121 cm³/mol. The molecule has 0 N–H and O–H groups in total. The van der Waals surface area contributed by atoms with Crippen molar-refractivity contribution in [1.82, 2.24) is 0 Å². The Morgan fingerprint density at radius 3 is 2.06 bits per heavy atom. The molecule has 5 heteroatoms. The van der Waals surface area contributed by atoms with Gasteiger partial charge in [-0.25, -0.2) is 0 Å². The van der Waals surface area contributed by atoms with E-state index in [1.165, 1.54) is 6.92 Å². The topological polar surface area (TPSA) is 61.8 Å². The molecule has 0 saturated carbocycles. The normalized spacial score (nSPS) is 10.0. The standard InChI is InChI=1S/C18H18O3.C8H8O2/c1-3-7-14-10-11-16(17(12-14)20-2)21-18(19)13-15-8-5-4-6-9-15;1-7(9)10-8-5-3-2-4-6-8/h3-12H,13H2,1-2H3;2-6H,1H3/b7-3+;. The first-order valence-corrected chi connectivity index (χ1v) is 9.80. The Kier molecular flexibility index (Phi) is 9.56. The molecule has 3 aromatic rings. The summed E-state index contributed by atoms with van der Waals surface area (Å²) < 4.78 is 15.4. The summed E-state index contributed by atoms with van der Waals surface area (Å²) in [6, 6.07) is 23.9. The van der Waals surface area contributed by atoms with Crippen LogP contribution in [-0.4, -0.2) is 19.0 Å². The van der Waals surface area contributed by atoms with Crippen molar-refractivity contribution in [3.8, 4) is 17.2 Å². The fourth-order valence-corrected chi connectivity index (χ4v) is 2.64. The lowest BCUT2D eigenvalue weighted by Gasteiger charge is -2.10. The average Bonchev–Trinajstić information content (AvgIpc) is 2.76. The highest BCUT2D eigenvalue weighted by molar-refractivity contribution is 5.76. The van der Waals surface area contributed by atoms with Crippen LogP contribution < -0.4 is 14.2 Å². The largest absolute Gasteiger partial charge is 0.493 e. The molecule has 0 unspecified atom stereocenters. The van der Waals surface area contributed by atoms with Crippen molar-refractivity contribution in [3.63, 3.8) is 0 Å². The molecule has 3 rings (SSSR count). The molecule has 0 atom stereocenters. The van der Waals surface area contributed by atoms with E-state index in [1.54, 1.807) is 25.3 Å². The van der Waals surface area contributed by atoms with Crippen molar-refractivity contribution < 1.29 is 23.8 Å². The zero-order chi connectivity index (χ0) is 22.5. The van der Waals surface area contributed by atoms with Crippen molar-refractivity contribution >= 4 is 18.0 Å². The Balaban J connectivity index is 0.000000285. The number of ether oxygens (including phenoxy) is 3. The number of esters is 2. The van der Waals surface area contributed by atoms with Crippen molar-refractivity contribution in [2.75, 3.05) is 7.11 Å². The highest BCUT2D eigenvalue weighted by Crippen LogP contribution is 2.29. The van der Waals surface area contributed by atoms with Crippen molar-refractivity contribution in [3.05, 3.63) is 96.1 Å². The van der Waals surface area contributed by atoms with Gasteiger partial charge in [0.15, 0.2) is 11.5 Å². The van der Waals surface area contributed by atoms with Crippen LogP contribution in [0, 0.1) is 0 Å². The maximum absolute atomic E-state index is 12.0. The fourth-order valence-electron chi connectivity index (χ4n) is 2.64. The molecule has 160 valence electrons. The molecule has 3 aromatic carbocycles. The molecule has 5 nitrogen and oxygen atoms in total. The summed E-state index contributed by atoms with van der Waals surface area (Å²) in [4.78, 5) is 22.4. The third-order valence-electron chi connectivity index (χ3n) is 3.97. The van der Waals surface area contributed by atoms with Gasteiger partial charge < -0.3 is 14.2 Å². The molecule has 31 heavy (non-hydrogen) atoms. The van der Waals surface area contributed by atoms with Crippen LogP contribution in [0.3, 0.4) is 0 Å². The minimum absolute atomic E-state index is 0.237. The Hall–Kier alpha value is -3.86. The zero-order valence-electron chi connectivity index (χ0n) is 17.9. The lowest BCUT2D eigenvalue weighted by Crippen LogP contribution is -2.11. The summed E-state index contributed by atoms with van der Waals surface area (Å²) in [5, 5.41) is 0. The highest BCUT2D eigenvalue weighted by Gasteiger charge is 2.11. The number of benzene rings is 3. The van der Waals surface area contributed by atoms with E-state index in [4.69, 9.17) is 14.2 Å². The number of hydrogen-bond acceptors (Lipinski definition) is 5. The Labute approximate surface area is 182 Å². The molecule has 0 saturated heterocycles.